The number of amides is 2. The number of halogens is 4. The summed E-state index contributed by atoms with van der Waals surface area (Å²) in [5, 5.41) is 0. The van der Waals surface area contributed by atoms with Crippen molar-refractivity contribution >= 4 is 11.8 Å². The molecule has 1 heterocycles. The van der Waals surface area contributed by atoms with Gasteiger partial charge in [-0.2, -0.15) is 0 Å². The van der Waals surface area contributed by atoms with Crippen LogP contribution in [0.1, 0.15) is 33.6 Å². The maximum absolute atomic E-state index is 12.8. The maximum atomic E-state index is 12.8. The minimum Gasteiger partial charge on any atom is -0.412 e. The largest absolute Gasteiger partial charge is 0.412 e. The Morgan fingerprint density at radius 1 is 0.926 bits per heavy atom. The molecule has 0 saturated heterocycles. The van der Waals surface area contributed by atoms with Gasteiger partial charge < -0.3 is 11.2 Å². The van der Waals surface area contributed by atoms with Crippen molar-refractivity contribution in [1.82, 2.24) is 4.90 Å². The quantitative estimate of drug-likeness (QED) is 0.296. The van der Waals surface area contributed by atoms with Gasteiger partial charge in [0.1, 0.15) is 0 Å². The maximum Gasteiger partial charge on any atom is 0.261 e. The standard InChI is InChI=1S/C12H9F2NO2.C4H7F2N.H4N2.H2O/c13-12(14)5-7(12)6-15-10(16)8-3-1-2-4-9(8)11(15)17;5-4(6)1-3(4)2-7;1-2;/h1-4,7H,5-6H2;3H,1-2,7H2;1-2H2;1H2. The predicted molar refractivity (Wildman–Crippen MR) is 89.0 cm³/mol. The molecule has 1 aromatic carbocycles. The van der Waals surface area contributed by atoms with Crippen LogP contribution >= 0.6 is 0 Å². The summed E-state index contributed by atoms with van der Waals surface area (Å²) in [4.78, 5) is 24.6. The molecule has 0 aromatic heterocycles. The van der Waals surface area contributed by atoms with E-state index in [-0.39, 0.29) is 31.4 Å². The third-order valence-electron chi connectivity index (χ3n) is 4.48. The summed E-state index contributed by atoms with van der Waals surface area (Å²) in [6, 6.07) is 6.39. The Kier molecular flexibility index (Phi) is 7.05. The van der Waals surface area contributed by atoms with Crippen molar-refractivity contribution < 1.29 is 32.6 Å². The smallest absolute Gasteiger partial charge is 0.261 e. The van der Waals surface area contributed by atoms with Crippen LogP contribution in [0.25, 0.3) is 0 Å². The summed E-state index contributed by atoms with van der Waals surface area (Å²) in [5.74, 6) is 0.572. The van der Waals surface area contributed by atoms with Gasteiger partial charge in [0, 0.05) is 37.8 Å². The van der Waals surface area contributed by atoms with E-state index >= 15 is 0 Å². The molecular weight excluding hydrogens is 372 g/mol. The van der Waals surface area contributed by atoms with Gasteiger partial charge in [-0.3, -0.25) is 26.2 Å². The van der Waals surface area contributed by atoms with E-state index in [1.807, 2.05) is 0 Å². The highest BCUT2D eigenvalue weighted by atomic mass is 19.3. The number of rotatable bonds is 3. The predicted octanol–water partition coefficient (Wildman–Crippen LogP) is 0.532. The van der Waals surface area contributed by atoms with Crippen molar-refractivity contribution in [3.05, 3.63) is 35.4 Å². The molecule has 2 atom stereocenters. The number of hydrogen-bond donors (Lipinski definition) is 3. The van der Waals surface area contributed by atoms with Crippen LogP contribution in [0.3, 0.4) is 0 Å². The molecule has 8 N–H and O–H groups in total. The van der Waals surface area contributed by atoms with Crippen LogP contribution in [0.15, 0.2) is 24.3 Å². The third-order valence-corrected chi connectivity index (χ3v) is 4.48. The van der Waals surface area contributed by atoms with Crippen molar-refractivity contribution in [2.75, 3.05) is 13.1 Å². The van der Waals surface area contributed by atoms with E-state index in [0.717, 1.165) is 4.90 Å². The second-order valence-electron chi connectivity index (χ2n) is 6.33. The van der Waals surface area contributed by atoms with Crippen LogP contribution in [-0.2, 0) is 0 Å². The number of alkyl halides is 4. The number of imide groups is 1. The molecule has 1 aromatic rings. The van der Waals surface area contributed by atoms with E-state index in [9.17, 15) is 27.2 Å². The zero-order valence-electron chi connectivity index (χ0n) is 14.3. The molecule has 0 bridgehead atoms. The molecule has 2 saturated carbocycles. The van der Waals surface area contributed by atoms with E-state index < -0.39 is 35.5 Å². The average molecular weight is 394 g/mol. The normalized spacial score (nSPS) is 25.2. The van der Waals surface area contributed by atoms with Gasteiger partial charge in [-0.05, 0) is 12.1 Å². The van der Waals surface area contributed by atoms with Crippen molar-refractivity contribution in [3.8, 4) is 0 Å². The van der Waals surface area contributed by atoms with Gasteiger partial charge in [0.15, 0.2) is 0 Å². The Balaban J connectivity index is 0.000000309. The number of hydrogen-bond acceptors (Lipinski definition) is 5. The highest BCUT2D eigenvalue weighted by Crippen LogP contribution is 2.49. The molecule has 0 spiro atoms. The zero-order valence-corrected chi connectivity index (χ0v) is 14.3. The minimum atomic E-state index is -2.71. The first-order valence-electron chi connectivity index (χ1n) is 7.91. The monoisotopic (exact) mass is 394 g/mol. The summed E-state index contributed by atoms with van der Waals surface area (Å²) >= 11 is 0. The van der Waals surface area contributed by atoms with Crippen LogP contribution in [0.4, 0.5) is 17.6 Å². The van der Waals surface area contributed by atoms with E-state index in [2.05, 4.69) is 11.7 Å². The molecule has 2 fully saturated rings. The fourth-order valence-electron chi connectivity index (χ4n) is 2.62. The van der Waals surface area contributed by atoms with Crippen LogP contribution < -0.4 is 17.4 Å². The lowest BCUT2D eigenvalue weighted by Crippen LogP contribution is -2.32. The van der Waals surface area contributed by atoms with Gasteiger partial charge in [0.05, 0.1) is 11.1 Å². The Morgan fingerprint density at radius 2 is 1.30 bits per heavy atom. The molecule has 3 aliphatic rings. The highest BCUT2D eigenvalue weighted by Gasteiger charge is 2.58. The fourth-order valence-corrected chi connectivity index (χ4v) is 2.62. The lowest BCUT2D eigenvalue weighted by atomic mass is 10.1. The highest BCUT2D eigenvalue weighted by molar-refractivity contribution is 6.21. The van der Waals surface area contributed by atoms with Crippen molar-refractivity contribution in [2.45, 2.75) is 24.7 Å². The second kappa shape index (κ2) is 8.30. The van der Waals surface area contributed by atoms with Gasteiger partial charge >= 0.3 is 0 Å². The van der Waals surface area contributed by atoms with Gasteiger partial charge in [-0.25, -0.2) is 17.6 Å². The van der Waals surface area contributed by atoms with E-state index in [0.29, 0.717) is 11.1 Å². The summed E-state index contributed by atoms with van der Waals surface area (Å²) in [6.45, 7) is -0.0493. The first-order chi connectivity index (χ1) is 12.2. The number of benzene rings is 1. The number of carbonyl (C=O) groups is 2. The molecule has 7 nitrogen and oxygen atoms in total. The number of fused-ring (bicyclic) bond motifs is 1. The van der Waals surface area contributed by atoms with E-state index in [1.54, 1.807) is 24.3 Å². The number of nitrogens with zero attached hydrogens (tertiary/aromatic N) is 1. The Labute approximate surface area is 152 Å². The van der Waals surface area contributed by atoms with Gasteiger partial charge in [-0.15, -0.1) is 0 Å². The molecule has 2 amide bonds. The Hall–Kier alpha value is -2.08. The molecule has 27 heavy (non-hydrogen) atoms. The van der Waals surface area contributed by atoms with E-state index in [1.165, 1.54) is 0 Å². The number of hydrazine groups is 1. The number of carbonyl (C=O) groups excluding carboxylic acids is 2. The van der Waals surface area contributed by atoms with Gasteiger partial charge in [-0.1, -0.05) is 12.1 Å². The fraction of sp³-hybridized carbons (Fsp3) is 0.500. The second-order valence-corrected chi connectivity index (χ2v) is 6.33. The lowest BCUT2D eigenvalue weighted by Gasteiger charge is -2.12. The summed E-state index contributed by atoms with van der Waals surface area (Å²) in [6.07, 6.45) is -0.232. The first kappa shape index (κ1) is 23.0. The minimum absolute atomic E-state index is 0. The van der Waals surface area contributed by atoms with Crippen molar-refractivity contribution in [2.24, 2.45) is 29.3 Å². The summed E-state index contributed by atoms with van der Waals surface area (Å²) < 4.78 is 49.0. The Morgan fingerprint density at radius 3 is 1.56 bits per heavy atom. The molecule has 152 valence electrons. The van der Waals surface area contributed by atoms with Gasteiger partial charge in [0.2, 0.25) is 0 Å². The van der Waals surface area contributed by atoms with Crippen LogP contribution in [0.5, 0.6) is 0 Å². The van der Waals surface area contributed by atoms with Crippen molar-refractivity contribution in [1.29, 1.82) is 0 Å². The van der Waals surface area contributed by atoms with Crippen LogP contribution in [0, 0.1) is 11.8 Å². The SMILES string of the molecule is NCC1CC1(F)F.NN.O.O=C1c2ccccc2C(=O)N1CC1CC1(F)F. The molecule has 0 radical (unpaired) electrons. The molecule has 4 rings (SSSR count). The third kappa shape index (κ3) is 4.80. The topological polar surface area (TPSA) is 147 Å². The van der Waals surface area contributed by atoms with Crippen LogP contribution in [0.2, 0.25) is 0 Å². The average Bonchev–Trinajstić information content (AvgIpc) is 3.43. The molecule has 1 aliphatic heterocycles. The van der Waals surface area contributed by atoms with E-state index in [4.69, 9.17) is 5.73 Å². The molecule has 2 unspecified atom stereocenters. The van der Waals surface area contributed by atoms with Crippen molar-refractivity contribution in [3.63, 3.8) is 0 Å². The Bertz CT molecular complexity index is 667. The molecule has 2 aliphatic carbocycles. The van der Waals surface area contributed by atoms with Crippen LogP contribution in [-0.4, -0.2) is 47.1 Å². The first-order valence-corrected chi connectivity index (χ1v) is 7.91. The summed E-state index contributed by atoms with van der Waals surface area (Å²) in [5.41, 5.74) is 5.54. The summed E-state index contributed by atoms with van der Waals surface area (Å²) in [7, 11) is 0. The zero-order chi connectivity index (χ0) is 19.7. The molecule has 11 heteroatoms. The lowest BCUT2D eigenvalue weighted by molar-refractivity contribution is 0.0584. The number of nitrogens with two attached hydrogens (primary N) is 3. The van der Waals surface area contributed by atoms with Gasteiger partial charge in [0.25, 0.3) is 23.7 Å². The molecular formula is C16H22F4N4O3.